The maximum Gasteiger partial charge on any atom is 0.282 e. The van der Waals surface area contributed by atoms with Crippen LogP contribution in [0.4, 0.5) is 15.8 Å². The van der Waals surface area contributed by atoms with E-state index in [1.165, 1.54) is 24.3 Å². The van der Waals surface area contributed by atoms with E-state index in [4.69, 9.17) is 16.3 Å². The van der Waals surface area contributed by atoms with Crippen LogP contribution in [0.25, 0.3) is 5.57 Å². The van der Waals surface area contributed by atoms with E-state index in [1.807, 2.05) is 6.92 Å². The first kappa shape index (κ1) is 20.6. The van der Waals surface area contributed by atoms with Gasteiger partial charge in [0.1, 0.15) is 17.3 Å². The van der Waals surface area contributed by atoms with Gasteiger partial charge in [0.05, 0.1) is 17.9 Å². The van der Waals surface area contributed by atoms with E-state index in [2.05, 4.69) is 5.32 Å². The monoisotopic (exact) mass is 436 g/mol. The zero-order chi connectivity index (χ0) is 22.0. The molecule has 3 aromatic rings. The topological polar surface area (TPSA) is 58.6 Å². The Morgan fingerprint density at radius 2 is 1.68 bits per heavy atom. The van der Waals surface area contributed by atoms with Crippen molar-refractivity contribution in [2.45, 2.75) is 6.92 Å². The summed E-state index contributed by atoms with van der Waals surface area (Å²) < 4.78 is 19.0. The minimum Gasteiger partial charge on any atom is -0.494 e. The molecular formula is C24H18ClFN2O3. The van der Waals surface area contributed by atoms with Crippen molar-refractivity contribution >= 4 is 40.4 Å². The van der Waals surface area contributed by atoms with Gasteiger partial charge >= 0.3 is 0 Å². The van der Waals surface area contributed by atoms with Crippen LogP contribution in [-0.4, -0.2) is 18.4 Å². The molecule has 4 rings (SSSR count). The van der Waals surface area contributed by atoms with Crippen LogP contribution in [0.5, 0.6) is 5.75 Å². The van der Waals surface area contributed by atoms with Gasteiger partial charge in [0.25, 0.3) is 11.8 Å². The Balaban J connectivity index is 1.78. The fraction of sp³-hybridized carbons (Fsp3) is 0.0833. The maximum absolute atomic E-state index is 13.5. The molecule has 0 bridgehead atoms. The standard InChI is InChI=1S/C24H18ClFN2O3/c1-2-31-20-5-3-4-18(14-20)27-22-21(15-6-10-17(26)11-7-15)23(29)28(24(22)30)19-12-8-16(25)9-13-19/h3-14,27H,2H2,1H3. The fourth-order valence-corrected chi connectivity index (χ4v) is 3.46. The van der Waals surface area contributed by atoms with Crippen LogP contribution in [0.2, 0.25) is 5.02 Å². The van der Waals surface area contributed by atoms with Gasteiger partial charge in [-0.2, -0.15) is 0 Å². The fourth-order valence-electron chi connectivity index (χ4n) is 3.33. The quantitative estimate of drug-likeness (QED) is 0.534. The van der Waals surface area contributed by atoms with Gasteiger partial charge in [0.2, 0.25) is 0 Å². The molecule has 2 amide bonds. The van der Waals surface area contributed by atoms with Crippen molar-refractivity contribution in [3.05, 3.63) is 94.9 Å². The number of hydrogen-bond donors (Lipinski definition) is 1. The molecule has 31 heavy (non-hydrogen) atoms. The molecule has 1 aliphatic heterocycles. The minimum absolute atomic E-state index is 0.0974. The summed E-state index contributed by atoms with van der Waals surface area (Å²) in [5, 5.41) is 3.55. The molecular weight excluding hydrogens is 419 g/mol. The summed E-state index contributed by atoms with van der Waals surface area (Å²) in [6.45, 7) is 2.37. The molecule has 3 aromatic carbocycles. The number of amides is 2. The molecule has 1 aliphatic rings. The first-order valence-corrected chi connectivity index (χ1v) is 10.00. The summed E-state index contributed by atoms with van der Waals surface area (Å²) in [7, 11) is 0. The van der Waals surface area contributed by atoms with Crippen LogP contribution in [0, 0.1) is 5.82 Å². The number of halogens is 2. The zero-order valence-corrected chi connectivity index (χ0v) is 17.3. The third kappa shape index (κ3) is 4.15. The summed E-state index contributed by atoms with van der Waals surface area (Å²) >= 11 is 5.95. The Morgan fingerprint density at radius 1 is 0.968 bits per heavy atom. The lowest BCUT2D eigenvalue weighted by molar-refractivity contribution is -0.120. The molecule has 0 unspecified atom stereocenters. The van der Waals surface area contributed by atoms with E-state index in [0.717, 1.165) is 4.90 Å². The van der Waals surface area contributed by atoms with E-state index < -0.39 is 17.6 Å². The number of nitrogens with one attached hydrogen (secondary N) is 1. The first-order chi connectivity index (χ1) is 15.0. The first-order valence-electron chi connectivity index (χ1n) is 9.62. The van der Waals surface area contributed by atoms with Crippen molar-refractivity contribution in [1.29, 1.82) is 0 Å². The molecule has 5 nitrogen and oxygen atoms in total. The number of ether oxygens (including phenoxy) is 1. The van der Waals surface area contributed by atoms with Crippen molar-refractivity contribution < 1.29 is 18.7 Å². The molecule has 0 spiro atoms. The second-order valence-corrected chi connectivity index (χ2v) is 7.20. The normalized spacial score (nSPS) is 13.7. The summed E-state index contributed by atoms with van der Waals surface area (Å²) in [4.78, 5) is 27.7. The predicted octanol–water partition coefficient (Wildman–Crippen LogP) is 5.27. The predicted molar refractivity (Wildman–Crippen MR) is 118 cm³/mol. The number of carbonyl (C=O) groups excluding carboxylic acids is 2. The highest BCUT2D eigenvalue weighted by Gasteiger charge is 2.40. The molecule has 0 radical (unpaired) electrons. The number of nitrogens with zero attached hydrogens (tertiary/aromatic N) is 1. The van der Waals surface area contributed by atoms with E-state index in [-0.39, 0.29) is 11.3 Å². The van der Waals surface area contributed by atoms with Gasteiger partial charge in [0.15, 0.2) is 0 Å². The Morgan fingerprint density at radius 3 is 2.35 bits per heavy atom. The Labute approximate surface area is 183 Å². The van der Waals surface area contributed by atoms with Crippen molar-refractivity contribution in [3.8, 4) is 5.75 Å². The Kier molecular flexibility index (Phi) is 5.73. The SMILES string of the molecule is CCOc1cccc(NC2=C(c3ccc(F)cc3)C(=O)N(c3ccc(Cl)cc3)C2=O)c1. The van der Waals surface area contributed by atoms with Gasteiger partial charge in [-0.15, -0.1) is 0 Å². The largest absolute Gasteiger partial charge is 0.494 e. The highest BCUT2D eigenvalue weighted by Crippen LogP contribution is 2.34. The molecule has 0 aromatic heterocycles. The van der Waals surface area contributed by atoms with E-state index >= 15 is 0 Å². The van der Waals surface area contributed by atoms with E-state index in [0.29, 0.717) is 34.3 Å². The highest BCUT2D eigenvalue weighted by atomic mass is 35.5. The molecule has 0 saturated carbocycles. The summed E-state index contributed by atoms with van der Waals surface area (Å²) in [5.74, 6) is -0.840. The van der Waals surface area contributed by atoms with Crippen LogP contribution in [0.3, 0.4) is 0 Å². The molecule has 0 atom stereocenters. The van der Waals surface area contributed by atoms with Crippen LogP contribution >= 0.6 is 11.6 Å². The molecule has 156 valence electrons. The molecule has 7 heteroatoms. The molecule has 1 N–H and O–H groups in total. The second kappa shape index (κ2) is 8.62. The van der Waals surface area contributed by atoms with Crippen molar-refractivity contribution in [2.75, 3.05) is 16.8 Å². The lowest BCUT2D eigenvalue weighted by Gasteiger charge is -2.15. The van der Waals surface area contributed by atoms with E-state index in [9.17, 15) is 14.0 Å². The third-order valence-corrected chi connectivity index (χ3v) is 4.97. The lowest BCUT2D eigenvalue weighted by Crippen LogP contribution is -2.32. The van der Waals surface area contributed by atoms with Gasteiger partial charge in [-0.1, -0.05) is 29.8 Å². The third-order valence-electron chi connectivity index (χ3n) is 4.72. The lowest BCUT2D eigenvalue weighted by atomic mass is 10.0. The summed E-state index contributed by atoms with van der Waals surface area (Å²) in [5.41, 5.74) is 1.65. The van der Waals surface area contributed by atoms with Gasteiger partial charge in [-0.05, 0) is 61.0 Å². The summed E-state index contributed by atoms with van der Waals surface area (Å²) in [6.07, 6.45) is 0. The van der Waals surface area contributed by atoms with Crippen LogP contribution in [-0.2, 0) is 9.59 Å². The van der Waals surface area contributed by atoms with Gasteiger partial charge in [-0.25, -0.2) is 9.29 Å². The van der Waals surface area contributed by atoms with E-state index in [1.54, 1.807) is 48.5 Å². The average molecular weight is 437 g/mol. The highest BCUT2D eigenvalue weighted by molar-refractivity contribution is 6.46. The number of rotatable bonds is 6. The molecule has 0 fully saturated rings. The van der Waals surface area contributed by atoms with Gasteiger partial charge in [-0.3, -0.25) is 9.59 Å². The van der Waals surface area contributed by atoms with Gasteiger partial charge in [0, 0.05) is 16.8 Å². The van der Waals surface area contributed by atoms with Crippen LogP contribution in [0.1, 0.15) is 12.5 Å². The Bertz CT molecular complexity index is 1170. The zero-order valence-electron chi connectivity index (χ0n) is 16.6. The summed E-state index contributed by atoms with van der Waals surface area (Å²) in [6, 6.07) is 18.9. The number of anilines is 2. The molecule has 0 aliphatic carbocycles. The molecule has 0 saturated heterocycles. The van der Waals surface area contributed by atoms with Crippen molar-refractivity contribution in [1.82, 2.24) is 0 Å². The van der Waals surface area contributed by atoms with Crippen molar-refractivity contribution in [3.63, 3.8) is 0 Å². The van der Waals surface area contributed by atoms with Gasteiger partial charge < -0.3 is 10.1 Å². The number of imide groups is 1. The number of hydrogen-bond acceptors (Lipinski definition) is 4. The minimum atomic E-state index is -0.520. The maximum atomic E-state index is 13.5. The average Bonchev–Trinajstić information content (AvgIpc) is 3.00. The molecule has 1 heterocycles. The van der Waals surface area contributed by atoms with Crippen LogP contribution in [0.15, 0.2) is 78.5 Å². The van der Waals surface area contributed by atoms with Crippen molar-refractivity contribution in [2.24, 2.45) is 0 Å². The second-order valence-electron chi connectivity index (χ2n) is 6.76. The van der Waals surface area contributed by atoms with Crippen LogP contribution < -0.4 is 15.0 Å². The Hall–Kier alpha value is -3.64. The number of carbonyl (C=O) groups is 2. The smallest absolute Gasteiger partial charge is 0.282 e. The number of benzene rings is 3.